The van der Waals surface area contributed by atoms with Gasteiger partial charge >= 0.3 is 0 Å². The topological polar surface area (TPSA) is 58.6 Å². The predicted octanol–water partition coefficient (Wildman–Crippen LogP) is 1.42. The van der Waals surface area contributed by atoms with Gasteiger partial charge in [0.1, 0.15) is 5.75 Å². The van der Waals surface area contributed by atoms with Crippen molar-refractivity contribution in [2.75, 3.05) is 26.7 Å². The third-order valence-electron chi connectivity index (χ3n) is 4.03. The van der Waals surface area contributed by atoms with Crippen LogP contribution in [0.25, 0.3) is 0 Å². The van der Waals surface area contributed by atoms with E-state index in [1.54, 1.807) is 22.5 Å². The van der Waals surface area contributed by atoms with E-state index in [1.807, 2.05) is 7.05 Å². The van der Waals surface area contributed by atoms with Gasteiger partial charge in [-0.2, -0.15) is 4.31 Å². The first kappa shape index (κ1) is 16.5. The van der Waals surface area contributed by atoms with E-state index >= 15 is 0 Å². The molecule has 0 spiro atoms. The first-order valence-corrected chi connectivity index (χ1v) is 8.49. The summed E-state index contributed by atoms with van der Waals surface area (Å²) in [6.07, 6.45) is 2.65. The van der Waals surface area contributed by atoms with Gasteiger partial charge in [-0.15, -0.1) is 12.4 Å². The van der Waals surface area contributed by atoms with Crippen LogP contribution in [0.3, 0.4) is 0 Å². The molecular formula is C14H21ClN2O3S. The van der Waals surface area contributed by atoms with Gasteiger partial charge in [-0.3, -0.25) is 0 Å². The van der Waals surface area contributed by atoms with Crippen LogP contribution in [-0.4, -0.2) is 45.5 Å². The van der Waals surface area contributed by atoms with Crippen LogP contribution in [0.4, 0.5) is 0 Å². The summed E-state index contributed by atoms with van der Waals surface area (Å²) < 4.78 is 32.6. The molecule has 0 saturated carbocycles. The minimum Gasteiger partial charge on any atom is -0.493 e. The molecule has 0 radical (unpaired) electrons. The smallest absolute Gasteiger partial charge is 0.243 e. The summed E-state index contributed by atoms with van der Waals surface area (Å²) in [5.74, 6) is 0.817. The number of sulfonamides is 1. The van der Waals surface area contributed by atoms with Gasteiger partial charge in [-0.05, 0) is 43.7 Å². The standard InChI is InChI=1S/C14H20N2O3S.ClH/c1-15-10-12-3-2-7-16(12)20(17,18)13-4-5-14-11(9-13)6-8-19-14;/h4-5,9,12,15H,2-3,6-8,10H2,1H3;1H. The van der Waals surface area contributed by atoms with Gasteiger partial charge in [-0.25, -0.2) is 8.42 Å². The number of hydrogen-bond donors (Lipinski definition) is 1. The van der Waals surface area contributed by atoms with Crippen LogP contribution in [0.1, 0.15) is 18.4 Å². The summed E-state index contributed by atoms with van der Waals surface area (Å²) in [4.78, 5) is 0.393. The summed E-state index contributed by atoms with van der Waals surface area (Å²) in [6.45, 7) is 1.96. The van der Waals surface area contributed by atoms with E-state index in [0.717, 1.165) is 30.6 Å². The molecule has 0 amide bonds. The zero-order chi connectivity index (χ0) is 14.2. The van der Waals surface area contributed by atoms with Crippen molar-refractivity contribution in [1.29, 1.82) is 0 Å². The second kappa shape index (κ2) is 6.52. The van der Waals surface area contributed by atoms with Crippen LogP contribution < -0.4 is 10.1 Å². The Morgan fingerprint density at radius 3 is 3.00 bits per heavy atom. The molecule has 1 saturated heterocycles. The molecule has 1 fully saturated rings. The minimum atomic E-state index is -3.39. The van der Waals surface area contributed by atoms with E-state index in [4.69, 9.17) is 4.74 Å². The second-order valence-corrected chi connectivity index (χ2v) is 7.23. The average molecular weight is 333 g/mol. The number of nitrogens with zero attached hydrogens (tertiary/aromatic N) is 1. The van der Waals surface area contributed by atoms with E-state index in [2.05, 4.69) is 5.32 Å². The van der Waals surface area contributed by atoms with Crippen molar-refractivity contribution in [3.8, 4) is 5.75 Å². The minimum absolute atomic E-state index is 0. The molecule has 1 aromatic rings. The van der Waals surface area contributed by atoms with Crippen molar-refractivity contribution in [2.24, 2.45) is 0 Å². The van der Waals surface area contributed by atoms with Gasteiger partial charge in [0.25, 0.3) is 0 Å². The molecule has 2 heterocycles. The van der Waals surface area contributed by atoms with Gasteiger partial charge < -0.3 is 10.1 Å². The number of benzene rings is 1. The zero-order valence-electron chi connectivity index (χ0n) is 12.0. The van der Waals surface area contributed by atoms with Crippen molar-refractivity contribution in [1.82, 2.24) is 9.62 Å². The molecule has 0 bridgehead atoms. The Bertz CT molecular complexity index is 606. The van der Waals surface area contributed by atoms with Crippen molar-refractivity contribution in [3.05, 3.63) is 23.8 Å². The fourth-order valence-electron chi connectivity index (χ4n) is 3.02. The Labute approximate surface area is 132 Å². The van der Waals surface area contributed by atoms with Crippen LogP contribution in [0.15, 0.2) is 23.1 Å². The summed E-state index contributed by atoms with van der Waals surface area (Å²) in [7, 11) is -1.54. The fraction of sp³-hybridized carbons (Fsp3) is 0.571. The molecule has 2 aliphatic heterocycles. The van der Waals surface area contributed by atoms with E-state index < -0.39 is 10.0 Å². The Hall–Kier alpha value is -0.820. The highest BCUT2D eigenvalue weighted by molar-refractivity contribution is 7.89. The molecule has 1 aromatic carbocycles. The third kappa shape index (κ3) is 3.04. The quantitative estimate of drug-likeness (QED) is 0.906. The van der Waals surface area contributed by atoms with Gasteiger partial charge in [0.2, 0.25) is 10.0 Å². The van der Waals surface area contributed by atoms with Crippen LogP contribution in [0.5, 0.6) is 5.75 Å². The highest BCUT2D eigenvalue weighted by Gasteiger charge is 2.35. The third-order valence-corrected chi connectivity index (χ3v) is 5.98. The Morgan fingerprint density at radius 1 is 1.43 bits per heavy atom. The number of nitrogens with one attached hydrogen (secondary N) is 1. The number of ether oxygens (including phenoxy) is 1. The van der Waals surface area contributed by atoms with Gasteiger partial charge in [-0.1, -0.05) is 0 Å². The van der Waals surface area contributed by atoms with Crippen molar-refractivity contribution in [2.45, 2.75) is 30.2 Å². The number of fused-ring (bicyclic) bond motifs is 1. The zero-order valence-corrected chi connectivity index (χ0v) is 13.7. The van der Waals surface area contributed by atoms with Crippen LogP contribution in [0, 0.1) is 0 Å². The monoisotopic (exact) mass is 332 g/mol. The normalized spacial score (nSPS) is 21.7. The van der Waals surface area contributed by atoms with Crippen LogP contribution >= 0.6 is 12.4 Å². The Balaban J connectivity index is 0.00000161. The molecular weight excluding hydrogens is 312 g/mol. The number of likely N-dealkylation sites (N-methyl/N-ethyl adjacent to an activating group) is 1. The average Bonchev–Trinajstić information content (AvgIpc) is 3.06. The van der Waals surface area contributed by atoms with Crippen LogP contribution in [0.2, 0.25) is 0 Å². The summed E-state index contributed by atoms with van der Waals surface area (Å²) in [5, 5.41) is 3.08. The summed E-state index contributed by atoms with van der Waals surface area (Å²) in [6, 6.07) is 5.27. The molecule has 0 aromatic heterocycles. The summed E-state index contributed by atoms with van der Waals surface area (Å²) in [5.41, 5.74) is 0.996. The number of halogens is 1. The molecule has 1 N–H and O–H groups in total. The fourth-order valence-corrected chi connectivity index (χ4v) is 4.77. The van der Waals surface area contributed by atoms with E-state index in [0.29, 0.717) is 24.6 Å². The number of hydrogen-bond acceptors (Lipinski definition) is 4. The SMILES string of the molecule is CNCC1CCCN1S(=O)(=O)c1ccc2c(c1)CCO2.Cl. The van der Waals surface area contributed by atoms with Crippen molar-refractivity contribution in [3.63, 3.8) is 0 Å². The molecule has 2 aliphatic rings. The maximum absolute atomic E-state index is 12.8. The molecule has 7 heteroatoms. The molecule has 1 atom stereocenters. The van der Waals surface area contributed by atoms with Gasteiger partial charge in [0, 0.05) is 25.6 Å². The van der Waals surface area contributed by atoms with E-state index in [-0.39, 0.29) is 18.4 Å². The summed E-state index contributed by atoms with van der Waals surface area (Å²) >= 11 is 0. The lowest BCUT2D eigenvalue weighted by molar-refractivity contribution is 0.356. The van der Waals surface area contributed by atoms with Crippen LogP contribution in [-0.2, 0) is 16.4 Å². The second-order valence-electron chi connectivity index (χ2n) is 5.34. The van der Waals surface area contributed by atoms with E-state index in [9.17, 15) is 8.42 Å². The molecule has 5 nitrogen and oxygen atoms in total. The lowest BCUT2D eigenvalue weighted by Gasteiger charge is -2.24. The maximum atomic E-state index is 12.8. The molecule has 1 unspecified atom stereocenters. The lowest BCUT2D eigenvalue weighted by Crippen LogP contribution is -2.40. The maximum Gasteiger partial charge on any atom is 0.243 e. The Kier molecular flexibility index (Phi) is 5.14. The first-order chi connectivity index (χ1) is 9.63. The predicted molar refractivity (Wildman–Crippen MR) is 83.7 cm³/mol. The van der Waals surface area contributed by atoms with Gasteiger partial charge in [0.05, 0.1) is 11.5 Å². The molecule has 21 heavy (non-hydrogen) atoms. The van der Waals surface area contributed by atoms with Crippen molar-refractivity contribution >= 4 is 22.4 Å². The lowest BCUT2D eigenvalue weighted by atomic mass is 10.2. The highest BCUT2D eigenvalue weighted by Crippen LogP contribution is 2.31. The largest absolute Gasteiger partial charge is 0.493 e. The molecule has 3 rings (SSSR count). The molecule has 118 valence electrons. The van der Waals surface area contributed by atoms with E-state index in [1.165, 1.54) is 0 Å². The highest BCUT2D eigenvalue weighted by atomic mass is 35.5. The Morgan fingerprint density at radius 2 is 2.24 bits per heavy atom. The van der Waals surface area contributed by atoms with Gasteiger partial charge in [0.15, 0.2) is 0 Å². The van der Waals surface area contributed by atoms with Crippen molar-refractivity contribution < 1.29 is 13.2 Å². The number of rotatable bonds is 4. The molecule has 0 aliphatic carbocycles. The first-order valence-electron chi connectivity index (χ1n) is 7.05.